The Balaban J connectivity index is 1.46. The predicted molar refractivity (Wildman–Crippen MR) is 142 cm³/mol. The number of carbonyl (C=O) groups excluding carboxylic acids is 2. The van der Waals surface area contributed by atoms with Crippen LogP contribution in [0.5, 0.6) is 0 Å². The highest BCUT2D eigenvalue weighted by Crippen LogP contribution is 2.35. The second-order valence-corrected chi connectivity index (χ2v) is 9.50. The fourth-order valence-corrected chi connectivity index (χ4v) is 4.74. The van der Waals surface area contributed by atoms with E-state index in [1.165, 1.54) is 17.8 Å². The van der Waals surface area contributed by atoms with E-state index in [1.807, 2.05) is 48.5 Å². The summed E-state index contributed by atoms with van der Waals surface area (Å²) in [5.41, 5.74) is 2.72. The smallest absolute Gasteiger partial charge is 0.412 e. The topological polar surface area (TPSA) is 90.7 Å². The summed E-state index contributed by atoms with van der Waals surface area (Å²) in [5.74, 6) is -0.341. The van der Waals surface area contributed by atoms with Crippen molar-refractivity contribution in [3.63, 3.8) is 0 Å². The average molecular weight is 535 g/mol. The van der Waals surface area contributed by atoms with Gasteiger partial charge in [-0.15, -0.1) is 0 Å². The van der Waals surface area contributed by atoms with Crippen LogP contribution in [0.1, 0.15) is 36.8 Å². The summed E-state index contributed by atoms with van der Waals surface area (Å²) in [6, 6.07) is 21.4. The van der Waals surface area contributed by atoms with E-state index in [0.29, 0.717) is 29.3 Å². The highest BCUT2D eigenvalue weighted by atomic mass is 32.2. The second kappa shape index (κ2) is 12.4. The first-order chi connectivity index (χ1) is 18.4. The monoisotopic (exact) mass is 534 g/mol. The van der Waals surface area contributed by atoms with Crippen LogP contribution in [0.2, 0.25) is 0 Å². The van der Waals surface area contributed by atoms with E-state index in [1.54, 1.807) is 39.0 Å². The number of carbonyl (C=O) groups is 2. The van der Waals surface area contributed by atoms with Crippen molar-refractivity contribution in [2.45, 2.75) is 43.1 Å². The summed E-state index contributed by atoms with van der Waals surface area (Å²) in [6.07, 6.45) is -1.34. The zero-order valence-electron chi connectivity index (χ0n) is 21.2. The van der Waals surface area contributed by atoms with Gasteiger partial charge in [0.1, 0.15) is 23.3 Å². The van der Waals surface area contributed by atoms with Crippen molar-refractivity contribution in [1.82, 2.24) is 5.16 Å². The molecule has 0 radical (unpaired) electrons. The molecule has 0 spiro atoms. The highest BCUT2D eigenvalue weighted by Gasteiger charge is 2.21. The molecule has 1 unspecified atom stereocenters. The standard InChI is InChI=1S/C29H27FN2O5S/c1-4-35-26(33)17-21-9-5-8-12-25(21)38-22-15-13-20(14-16-22)28-27(18(2)32-37-28)31-29(34)36-19(3)23-10-6-7-11-24(23)30/h5-16,19H,4,17H2,1-3H3,(H,31,34). The van der Waals surface area contributed by atoms with Gasteiger partial charge < -0.3 is 14.0 Å². The van der Waals surface area contributed by atoms with Crippen LogP contribution in [0.4, 0.5) is 14.9 Å². The number of hydrogen-bond donors (Lipinski definition) is 1. The lowest BCUT2D eigenvalue weighted by molar-refractivity contribution is -0.142. The van der Waals surface area contributed by atoms with Gasteiger partial charge in [0, 0.05) is 20.9 Å². The van der Waals surface area contributed by atoms with E-state index in [0.717, 1.165) is 15.4 Å². The molecule has 4 rings (SSSR count). The highest BCUT2D eigenvalue weighted by molar-refractivity contribution is 7.99. The first kappa shape index (κ1) is 26.9. The molecular formula is C29H27FN2O5S. The molecule has 196 valence electrons. The van der Waals surface area contributed by atoms with Gasteiger partial charge in [0.2, 0.25) is 0 Å². The number of benzene rings is 3. The van der Waals surface area contributed by atoms with E-state index >= 15 is 0 Å². The van der Waals surface area contributed by atoms with Crippen molar-refractivity contribution in [3.8, 4) is 11.3 Å². The van der Waals surface area contributed by atoms with Crippen molar-refractivity contribution in [2.75, 3.05) is 11.9 Å². The Morgan fingerprint density at radius 3 is 2.50 bits per heavy atom. The zero-order chi connectivity index (χ0) is 27.1. The van der Waals surface area contributed by atoms with Crippen LogP contribution >= 0.6 is 11.8 Å². The SMILES string of the molecule is CCOC(=O)Cc1ccccc1Sc1ccc(-c2onc(C)c2NC(=O)OC(C)c2ccccc2F)cc1. The molecule has 7 nitrogen and oxygen atoms in total. The molecule has 1 amide bonds. The number of nitrogens with zero attached hydrogens (tertiary/aromatic N) is 1. The Morgan fingerprint density at radius 2 is 1.76 bits per heavy atom. The number of nitrogens with one attached hydrogen (secondary N) is 1. The van der Waals surface area contributed by atoms with Crippen LogP contribution < -0.4 is 5.32 Å². The molecule has 38 heavy (non-hydrogen) atoms. The van der Waals surface area contributed by atoms with Gasteiger partial charge in [0.15, 0.2) is 5.76 Å². The van der Waals surface area contributed by atoms with Crippen LogP contribution in [0.15, 0.2) is 87.1 Å². The molecular weight excluding hydrogens is 507 g/mol. The fraction of sp³-hybridized carbons (Fsp3) is 0.207. The summed E-state index contributed by atoms with van der Waals surface area (Å²) in [5, 5.41) is 6.67. The van der Waals surface area contributed by atoms with E-state index in [2.05, 4.69) is 10.5 Å². The number of anilines is 1. The molecule has 0 bridgehead atoms. The van der Waals surface area contributed by atoms with Gasteiger partial charge in [-0.2, -0.15) is 0 Å². The van der Waals surface area contributed by atoms with E-state index < -0.39 is 18.0 Å². The zero-order valence-corrected chi connectivity index (χ0v) is 22.0. The van der Waals surface area contributed by atoms with Crippen LogP contribution in [0, 0.1) is 12.7 Å². The Bertz CT molecular complexity index is 1420. The quantitative estimate of drug-likeness (QED) is 0.224. The minimum Gasteiger partial charge on any atom is -0.466 e. The van der Waals surface area contributed by atoms with Crippen LogP contribution in [-0.2, 0) is 20.7 Å². The third-order valence-corrected chi connectivity index (χ3v) is 6.80. The maximum Gasteiger partial charge on any atom is 0.412 e. The molecule has 0 aliphatic heterocycles. The van der Waals surface area contributed by atoms with Crippen molar-refractivity contribution >= 4 is 29.5 Å². The Morgan fingerprint density at radius 1 is 1.05 bits per heavy atom. The average Bonchev–Trinajstić information content (AvgIpc) is 3.25. The van der Waals surface area contributed by atoms with E-state index in [9.17, 15) is 14.0 Å². The van der Waals surface area contributed by atoms with Crippen molar-refractivity contribution in [2.24, 2.45) is 0 Å². The maximum absolute atomic E-state index is 14.0. The number of aryl methyl sites for hydroxylation is 1. The van der Waals surface area contributed by atoms with Crippen molar-refractivity contribution in [3.05, 3.63) is 95.4 Å². The number of esters is 1. The van der Waals surface area contributed by atoms with Gasteiger partial charge >= 0.3 is 12.1 Å². The fourth-order valence-electron chi connectivity index (χ4n) is 3.79. The lowest BCUT2D eigenvalue weighted by atomic mass is 10.1. The van der Waals surface area contributed by atoms with E-state index in [4.69, 9.17) is 14.0 Å². The third-order valence-electron chi connectivity index (χ3n) is 5.67. The first-order valence-electron chi connectivity index (χ1n) is 12.1. The molecule has 0 aliphatic carbocycles. The van der Waals surface area contributed by atoms with Crippen molar-refractivity contribution in [1.29, 1.82) is 0 Å². The van der Waals surface area contributed by atoms with Gasteiger partial charge in [-0.1, -0.05) is 53.3 Å². The molecule has 9 heteroatoms. The molecule has 0 saturated carbocycles. The lowest BCUT2D eigenvalue weighted by Gasteiger charge is -2.15. The summed E-state index contributed by atoms with van der Waals surface area (Å²) in [4.78, 5) is 26.5. The molecule has 3 aromatic carbocycles. The molecule has 1 N–H and O–H groups in total. The molecule has 1 heterocycles. The summed E-state index contributed by atoms with van der Waals surface area (Å²) in [7, 11) is 0. The Hall–Kier alpha value is -4.11. The minimum absolute atomic E-state index is 0.201. The summed E-state index contributed by atoms with van der Waals surface area (Å²) < 4.78 is 30.0. The van der Waals surface area contributed by atoms with Gasteiger partial charge in [0.05, 0.1) is 13.0 Å². The molecule has 4 aromatic rings. The Kier molecular flexibility index (Phi) is 8.81. The number of amides is 1. The van der Waals surface area contributed by atoms with Crippen LogP contribution in [0.3, 0.4) is 0 Å². The van der Waals surface area contributed by atoms with Crippen molar-refractivity contribution < 1.29 is 28.0 Å². The number of rotatable bonds is 9. The van der Waals surface area contributed by atoms with E-state index in [-0.39, 0.29) is 18.0 Å². The van der Waals surface area contributed by atoms with Crippen LogP contribution in [-0.4, -0.2) is 23.8 Å². The minimum atomic E-state index is -0.789. The van der Waals surface area contributed by atoms with Gasteiger partial charge in [0.25, 0.3) is 0 Å². The third kappa shape index (κ3) is 6.60. The molecule has 0 saturated heterocycles. The number of hydrogen-bond acceptors (Lipinski definition) is 7. The number of aromatic nitrogens is 1. The van der Waals surface area contributed by atoms with Gasteiger partial charge in [-0.05, 0) is 62.7 Å². The lowest BCUT2D eigenvalue weighted by Crippen LogP contribution is -2.17. The maximum atomic E-state index is 14.0. The van der Waals surface area contributed by atoms with Crippen LogP contribution in [0.25, 0.3) is 11.3 Å². The predicted octanol–water partition coefficient (Wildman–Crippen LogP) is 7.36. The molecule has 1 atom stereocenters. The Labute approximate surface area is 224 Å². The van der Waals surface area contributed by atoms with Gasteiger partial charge in [-0.3, -0.25) is 10.1 Å². The second-order valence-electron chi connectivity index (χ2n) is 8.38. The largest absolute Gasteiger partial charge is 0.466 e. The first-order valence-corrected chi connectivity index (χ1v) is 12.9. The molecule has 0 fully saturated rings. The normalized spacial score (nSPS) is 11.6. The molecule has 0 aliphatic rings. The molecule has 1 aromatic heterocycles. The summed E-state index contributed by atoms with van der Waals surface area (Å²) in [6.45, 7) is 5.43. The van der Waals surface area contributed by atoms with Gasteiger partial charge in [-0.25, -0.2) is 9.18 Å². The number of halogens is 1. The number of ether oxygens (including phenoxy) is 2. The summed E-state index contributed by atoms with van der Waals surface area (Å²) >= 11 is 1.53.